The van der Waals surface area contributed by atoms with Crippen molar-refractivity contribution in [2.24, 2.45) is 5.73 Å². The highest BCUT2D eigenvalue weighted by atomic mass is 16.2. The summed E-state index contributed by atoms with van der Waals surface area (Å²) in [7, 11) is 1.79. The summed E-state index contributed by atoms with van der Waals surface area (Å²) in [6.07, 6.45) is 0. The van der Waals surface area contributed by atoms with E-state index in [0.717, 1.165) is 11.1 Å². The highest BCUT2D eigenvalue weighted by molar-refractivity contribution is 5.99. The third-order valence-corrected chi connectivity index (χ3v) is 2.56. The molecular formula is C10H12N2O. The fourth-order valence-electron chi connectivity index (χ4n) is 1.81. The molecule has 3 nitrogen and oxygen atoms in total. The van der Waals surface area contributed by atoms with Gasteiger partial charge in [-0.1, -0.05) is 18.2 Å². The Kier molecular flexibility index (Phi) is 1.81. The minimum Gasteiger partial charge on any atom is -0.333 e. The second-order valence-corrected chi connectivity index (χ2v) is 3.25. The number of rotatable bonds is 1. The van der Waals surface area contributed by atoms with E-state index in [2.05, 4.69) is 0 Å². The summed E-state index contributed by atoms with van der Waals surface area (Å²) in [5.74, 6) is 0.0750. The van der Waals surface area contributed by atoms with E-state index >= 15 is 0 Å². The van der Waals surface area contributed by atoms with Gasteiger partial charge in [0.1, 0.15) is 0 Å². The van der Waals surface area contributed by atoms with Crippen molar-refractivity contribution in [3.05, 3.63) is 35.4 Å². The Morgan fingerprint density at radius 3 is 2.85 bits per heavy atom. The topological polar surface area (TPSA) is 46.3 Å². The lowest BCUT2D eigenvalue weighted by Crippen LogP contribution is -2.28. The average molecular weight is 176 g/mol. The molecule has 13 heavy (non-hydrogen) atoms. The number of benzene rings is 1. The number of amides is 1. The van der Waals surface area contributed by atoms with Gasteiger partial charge in [-0.2, -0.15) is 0 Å². The molecule has 1 aromatic carbocycles. The molecule has 0 fully saturated rings. The summed E-state index contributed by atoms with van der Waals surface area (Å²) in [6, 6.07) is 7.69. The second kappa shape index (κ2) is 2.85. The van der Waals surface area contributed by atoms with E-state index in [1.165, 1.54) is 0 Å². The van der Waals surface area contributed by atoms with Gasteiger partial charge < -0.3 is 10.6 Å². The number of hydrogen-bond acceptors (Lipinski definition) is 2. The number of carbonyl (C=O) groups excluding carboxylic acids is 1. The summed E-state index contributed by atoms with van der Waals surface area (Å²) in [4.78, 5) is 13.3. The number of nitrogens with zero attached hydrogens (tertiary/aromatic N) is 1. The maximum absolute atomic E-state index is 11.6. The molecule has 1 aliphatic heterocycles. The van der Waals surface area contributed by atoms with Crippen LogP contribution >= 0.6 is 0 Å². The minimum absolute atomic E-state index is 0.0590. The van der Waals surface area contributed by atoms with Gasteiger partial charge >= 0.3 is 0 Å². The third-order valence-electron chi connectivity index (χ3n) is 2.56. The third kappa shape index (κ3) is 1.04. The Hall–Kier alpha value is -1.35. The van der Waals surface area contributed by atoms with Crippen LogP contribution in [0.4, 0.5) is 0 Å². The predicted octanol–water partition coefficient (Wildman–Crippen LogP) is 0.772. The van der Waals surface area contributed by atoms with E-state index in [4.69, 9.17) is 5.73 Å². The molecule has 1 aromatic rings. The summed E-state index contributed by atoms with van der Waals surface area (Å²) in [6.45, 7) is 0.485. The van der Waals surface area contributed by atoms with Gasteiger partial charge in [-0.25, -0.2) is 0 Å². The van der Waals surface area contributed by atoms with E-state index in [9.17, 15) is 4.79 Å². The van der Waals surface area contributed by atoms with Crippen LogP contribution in [0.3, 0.4) is 0 Å². The quantitative estimate of drug-likeness (QED) is 0.687. The maximum Gasteiger partial charge on any atom is 0.254 e. The fraction of sp³-hybridized carbons (Fsp3) is 0.300. The Morgan fingerprint density at radius 1 is 1.46 bits per heavy atom. The summed E-state index contributed by atoms with van der Waals surface area (Å²) in [5, 5.41) is 0. The Morgan fingerprint density at radius 2 is 2.15 bits per heavy atom. The van der Waals surface area contributed by atoms with Crippen molar-refractivity contribution < 1.29 is 4.79 Å². The molecule has 2 rings (SSSR count). The summed E-state index contributed by atoms with van der Waals surface area (Å²) < 4.78 is 0. The molecule has 1 aliphatic rings. The monoisotopic (exact) mass is 176 g/mol. The van der Waals surface area contributed by atoms with Gasteiger partial charge in [-0.05, 0) is 11.6 Å². The first-order valence-electron chi connectivity index (χ1n) is 4.32. The van der Waals surface area contributed by atoms with E-state index in [1.807, 2.05) is 24.3 Å². The van der Waals surface area contributed by atoms with Gasteiger partial charge in [0, 0.05) is 19.2 Å². The molecule has 3 heteroatoms. The maximum atomic E-state index is 11.6. The number of fused-ring (bicyclic) bond motifs is 1. The van der Waals surface area contributed by atoms with Crippen LogP contribution in [0.15, 0.2) is 24.3 Å². The van der Waals surface area contributed by atoms with Crippen molar-refractivity contribution in [3.63, 3.8) is 0 Å². The Bertz CT molecular complexity index is 349. The van der Waals surface area contributed by atoms with Crippen LogP contribution < -0.4 is 5.73 Å². The van der Waals surface area contributed by atoms with Crippen LogP contribution in [-0.2, 0) is 0 Å². The van der Waals surface area contributed by atoms with Gasteiger partial charge in [0.25, 0.3) is 5.91 Å². The molecule has 68 valence electrons. The molecule has 0 spiro atoms. The fourth-order valence-corrected chi connectivity index (χ4v) is 1.81. The molecule has 1 unspecified atom stereocenters. The first kappa shape index (κ1) is 8.26. The molecule has 1 amide bonds. The van der Waals surface area contributed by atoms with Crippen LogP contribution in [-0.4, -0.2) is 24.4 Å². The number of hydrogen-bond donors (Lipinski definition) is 1. The first-order valence-corrected chi connectivity index (χ1v) is 4.32. The first-order chi connectivity index (χ1) is 6.25. The Labute approximate surface area is 77.1 Å². The second-order valence-electron chi connectivity index (χ2n) is 3.25. The van der Waals surface area contributed by atoms with Crippen LogP contribution in [0.25, 0.3) is 0 Å². The number of carbonyl (C=O) groups is 1. The molecular weight excluding hydrogens is 164 g/mol. The molecule has 0 saturated carbocycles. The lowest BCUT2D eigenvalue weighted by molar-refractivity contribution is 0.0778. The van der Waals surface area contributed by atoms with Crippen molar-refractivity contribution in [2.75, 3.05) is 13.6 Å². The lowest BCUT2D eigenvalue weighted by Gasteiger charge is -2.18. The average Bonchev–Trinajstić information content (AvgIpc) is 2.41. The molecule has 0 aromatic heterocycles. The highest BCUT2D eigenvalue weighted by Crippen LogP contribution is 2.30. The van der Waals surface area contributed by atoms with Gasteiger partial charge in [-0.15, -0.1) is 0 Å². The molecule has 1 heterocycles. The van der Waals surface area contributed by atoms with Crippen molar-refractivity contribution in [2.45, 2.75) is 6.04 Å². The van der Waals surface area contributed by atoms with Crippen molar-refractivity contribution >= 4 is 5.91 Å². The van der Waals surface area contributed by atoms with Gasteiger partial charge in [-0.3, -0.25) is 4.79 Å². The van der Waals surface area contributed by atoms with Gasteiger partial charge in [0.05, 0.1) is 6.04 Å². The zero-order chi connectivity index (χ0) is 9.42. The highest BCUT2D eigenvalue weighted by Gasteiger charge is 2.32. The largest absolute Gasteiger partial charge is 0.333 e. The van der Waals surface area contributed by atoms with Gasteiger partial charge in [0.15, 0.2) is 0 Å². The molecule has 0 aliphatic carbocycles. The van der Waals surface area contributed by atoms with Crippen LogP contribution in [0.5, 0.6) is 0 Å². The zero-order valence-electron chi connectivity index (χ0n) is 7.53. The molecule has 0 radical (unpaired) electrons. The Balaban J connectivity index is 2.53. The molecule has 2 N–H and O–H groups in total. The van der Waals surface area contributed by atoms with Crippen LogP contribution in [0.1, 0.15) is 22.0 Å². The van der Waals surface area contributed by atoms with Crippen LogP contribution in [0, 0.1) is 0 Å². The van der Waals surface area contributed by atoms with Crippen molar-refractivity contribution in [3.8, 4) is 0 Å². The number of nitrogens with two attached hydrogens (primary N) is 1. The number of likely N-dealkylation sites (N-methyl/N-ethyl adjacent to an activating group) is 1. The smallest absolute Gasteiger partial charge is 0.254 e. The lowest BCUT2D eigenvalue weighted by atomic mass is 10.1. The normalized spacial score (nSPS) is 20.6. The van der Waals surface area contributed by atoms with Crippen LogP contribution in [0.2, 0.25) is 0 Å². The SMILES string of the molecule is CN1C(=O)c2ccccc2C1CN. The zero-order valence-corrected chi connectivity index (χ0v) is 7.53. The van der Waals surface area contributed by atoms with E-state index in [1.54, 1.807) is 11.9 Å². The summed E-state index contributed by atoms with van der Waals surface area (Å²) in [5.41, 5.74) is 7.45. The standard InChI is InChI=1S/C10H12N2O/c1-12-9(6-11)7-4-2-3-5-8(7)10(12)13/h2-5,9H,6,11H2,1H3. The van der Waals surface area contributed by atoms with Crippen molar-refractivity contribution in [1.82, 2.24) is 4.90 Å². The molecule has 0 saturated heterocycles. The van der Waals surface area contributed by atoms with E-state index in [-0.39, 0.29) is 11.9 Å². The minimum atomic E-state index is 0.0590. The molecule has 0 bridgehead atoms. The predicted molar refractivity (Wildman–Crippen MR) is 50.3 cm³/mol. The van der Waals surface area contributed by atoms with E-state index in [0.29, 0.717) is 6.54 Å². The van der Waals surface area contributed by atoms with Gasteiger partial charge in [0.2, 0.25) is 0 Å². The van der Waals surface area contributed by atoms with Crippen molar-refractivity contribution in [1.29, 1.82) is 0 Å². The van der Waals surface area contributed by atoms with E-state index < -0.39 is 0 Å². The molecule has 1 atom stereocenters. The summed E-state index contributed by atoms with van der Waals surface area (Å²) >= 11 is 0.